The van der Waals surface area contributed by atoms with Gasteiger partial charge in [-0.25, -0.2) is 4.98 Å². The number of quaternary nitrogens is 1. The summed E-state index contributed by atoms with van der Waals surface area (Å²) in [5.74, 6) is 0.618. The van der Waals surface area contributed by atoms with Crippen LogP contribution in [-0.2, 0) is 6.54 Å². The number of rotatable bonds is 6. The van der Waals surface area contributed by atoms with Gasteiger partial charge in [-0.2, -0.15) is 0 Å². The lowest BCUT2D eigenvalue weighted by molar-refractivity contribution is -0.671. The van der Waals surface area contributed by atoms with Crippen LogP contribution in [0.2, 0.25) is 5.02 Å². The van der Waals surface area contributed by atoms with E-state index in [0.29, 0.717) is 17.5 Å². The molecule has 0 aliphatic heterocycles. The zero-order chi connectivity index (χ0) is 12.6. The van der Waals surface area contributed by atoms with Gasteiger partial charge >= 0.3 is 0 Å². The molecule has 2 aromatic rings. The van der Waals surface area contributed by atoms with Crippen molar-refractivity contribution in [2.45, 2.75) is 6.54 Å². The third-order valence-corrected chi connectivity index (χ3v) is 2.72. The first kappa shape index (κ1) is 15.8. The maximum Gasteiger partial charge on any atom is 0.213 e. The van der Waals surface area contributed by atoms with Crippen LogP contribution in [0.5, 0.6) is 5.88 Å². The van der Waals surface area contributed by atoms with Gasteiger partial charge in [0.05, 0.1) is 5.02 Å². The zero-order valence-corrected chi connectivity index (χ0v) is 11.9. The Bertz CT molecular complexity index is 463. The summed E-state index contributed by atoms with van der Waals surface area (Å²) >= 11 is 5.74. The highest BCUT2D eigenvalue weighted by Gasteiger charge is 1.97. The molecule has 1 aromatic carbocycles. The summed E-state index contributed by atoms with van der Waals surface area (Å²) in [6, 6.07) is 13.9. The van der Waals surface area contributed by atoms with Gasteiger partial charge < -0.3 is 22.5 Å². The van der Waals surface area contributed by atoms with E-state index in [1.807, 2.05) is 6.07 Å². The monoisotopic (exact) mass is 298 g/mol. The molecular weight excluding hydrogens is 283 g/mol. The molecule has 2 N–H and O–H groups in total. The second-order valence-electron chi connectivity index (χ2n) is 3.93. The molecule has 0 bridgehead atoms. The van der Waals surface area contributed by atoms with Gasteiger partial charge in [-0.05, 0) is 6.07 Å². The van der Waals surface area contributed by atoms with Crippen molar-refractivity contribution in [2.75, 3.05) is 13.2 Å². The van der Waals surface area contributed by atoms with Gasteiger partial charge in [-0.3, -0.25) is 0 Å². The Morgan fingerprint density at radius 2 is 1.89 bits per heavy atom. The molecule has 3 nitrogen and oxygen atoms in total. The summed E-state index contributed by atoms with van der Waals surface area (Å²) in [6.45, 7) is 2.51. The lowest BCUT2D eigenvalue weighted by atomic mass is 10.2. The number of hydrogen-bond acceptors (Lipinski definition) is 2. The van der Waals surface area contributed by atoms with E-state index < -0.39 is 0 Å². The summed E-state index contributed by atoms with van der Waals surface area (Å²) in [7, 11) is 0. The predicted molar refractivity (Wildman–Crippen MR) is 71.7 cm³/mol. The number of aromatic nitrogens is 1. The molecule has 0 spiro atoms. The second-order valence-corrected chi connectivity index (χ2v) is 4.37. The Labute approximate surface area is 124 Å². The largest absolute Gasteiger partial charge is 1.00 e. The standard InChI is InChI=1S/C14H15ClN2O.ClH/c15-13-6-7-14(17-11-13)18-9-8-16-10-12-4-2-1-3-5-12;/h1-7,11,16H,8-10H2;1H. The number of benzene rings is 1. The van der Waals surface area contributed by atoms with Crippen molar-refractivity contribution in [2.24, 2.45) is 0 Å². The van der Waals surface area contributed by atoms with Gasteiger partial charge in [0, 0.05) is 17.8 Å². The Hall–Kier alpha value is -1.29. The van der Waals surface area contributed by atoms with Crippen molar-refractivity contribution < 1.29 is 22.5 Å². The molecule has 1 aromatic heterocycles. The number of pyridine rings is 1. The summed E-state index contributed by atoms with van der Waals surface area (Å²) in [5.41, 5.74) is 1.32. The Kier molecular flexibility index (Phi) is 7.26. The van der Waals surface area contributed by atoms with Gasteiger partial charge in [0.25, 0.3) is 0 Å². The van der Waals surface area contributed by atoms with Crippen LogP contribution in [0.25, 0.3) is 0 Å². The SMILES string of the molecule is Clc1ccc(OCC[NH2+]Cc2ccccc2)nc1.[Cl-]. The smallest absolute Gasteiger partial charge is 0.213 e. The van der Waals surface area contributed by atoms with Gasteiger partial charge in [-0.15, -0.1) is 0 Å². The molecule has 0 saturated heterocycles. The number of hydrogen-bond donors (Lipinski definition) is 1. The van der Waals surface area contributed by atoms with E-state index in [-0.39, 0.29) is 12.4 Å². The molecule has 1 heterocycles. The van der Waals surface area contributed by atoms with Crippen molar-refractivity contribution in [1.29, 1.82) is 0 Å². The molecular formula is C14H16Cl2N2O. The lowest BCUT2D eigenvalue weighted by Gasteiger charge is -2.04. The molecule has 0 aliphatic carbocycles. The van der Waals surface area contributed by atoms with Crippen LogP contribution >= 0.6 is 11.6 Å². The predicted octanol–water partition coefficient (Wildman–Crippen LogP) is -1.12. The van der Waals surface area contributed by atoms with Crippen molar-refractivity contribution in [3.05, 3.63) is 59.2 Å². The minimum absolute atomic E-state index is 0. The van der Waals surface area contributed by atoms with E-state index in [1.165, 1.54) is 5.56 Å². The Morgan fingerprint density at radius 3 is 2.58 bits per heavy atom. The van der Waals surface area contributed by atoms with Gasteiger partial charge in [0.1, 0.15) is 19.7 Å². The van der Waals surface area contributed by atoms with Gasteiger partial charge in [0.15, 0.2) is 0 Å². The first-order valence-electron chi connectivity index (χ1n) is 5.94. The van der Waals surface area contributed by atoms with Gasteiger partial charge in [0.2, 0.25) is 5.88 Å². The van der Waals surface area contributed by atoms with Crippen LogP contribution in [0.15, 0.2) is 48.7 Å². The third kappa shape index (κ3) is 5.92. The van der Waals surface area contributed by atoms with E-state index in [0.717, 1.165) is 13.1 Å². The van der Waals surface area contributed by atoms with Crippen molar-refractivity contribution in [3.63, 3.8) is 0 Å². The molecule has 2 rings (SSSR count). The molecule has 0 fully saturated rings. The molecule has 0 atom stereocenters. The van der Waals surface area contributed by atoms with Crippen molar-refractivity contribution in [1.82, 2.24) is 4.98 Å². The zero-order valence-electron chi connectivity index (χ0n) is 10.4. The van der Waals surface area contributed by atoms with E-state index in [2.05, 4.69) is 34.6 Å². The van der Waals surface area contributed by atoms with Crippen molar-refractivity contribution >= 4 is 11.6 Å². The highest BCUT2D eigenvalue weighted by Crippen LogP contribution is 2.10. The Balaban J connectivity index is 0.00000180. The normalized spacial score (nSPS) is 9.74. The molecule has 19 heavy (non-hydrogen) atoms. The molecule has 0 radical (unpaired) electrons. The summed E-state index contributed by atoms with van der Waals surface area (Å²) in [5, 5.41) is 2.84. The van der Waals surface area contributed by atoms with Crippen LogP contribution < -0.4 is 22.5 Å². The summed E-state index contributed by atoms with van der Waals surface area (Å²) < 4.78 is 5.50. The fourth-order valence-electron chi connectivity index (χ4n) is 1.58. The molecule has 102 valence electrons. The molecule has 0 aliphatic rings. The highest BCUT2D eigenvalue weighted by atomic mass is 35.5. The van der Waals surface area contributed by atoms with Crippen LogP contribution in [0.3, 0.4) is 0 Å². The van der Waals surface area contributed by atoms with E-state index in [9.17, 15) is 0 Å². The fraction of sp³-hybridized carbons (Fsp3) is 0.214. The molecule has 0 saturated carbocycles. The maximum absolute atomic E-state index is 5.74. The van der Waals surface area contributed by atoms with E-state index >= 15 is 0 Å². The molecule has 5 heteroatoms. The minimum atomic E-state index is 0. The number of nitrogens with zero attached hydrogens (tertiary/aromatic N) is 1. The topological polar surface area (TPSA) is 38.7 Å². The van der Waals surface area contributed by atoms with E-state index in [1.54, 1.807) is 18.3 Å². The fourth-order valence-corrected chi connectivity index (χ4v) is 1.69. The average Bonchev–Trinajstić information content (AvgIpc) is 2.42. The van der Waals surface area contributed by atoms with Crippen LogP contribution in [0.4, 0.5) is 0 Å². The maximum atomic E-state index is 5.74. The number of ether oxygens (including phenoxy) is 1. The minimum Gasteiger partial charge on any atom is -1.00 e. The summed E-state index contributed by atoms with van der Waals surface area (Å²) in [4.78, 5) is 4.07. The summed E-state index contributed by atoms with van der Waals surface area (Å²) in [6.07, 6.45) is 1.59. The van der Waals surface area contributed by atoms with Crippen LogP contribution in [0, 0.1) is 0 Å². The number of halogens is 2. The third-order valence-electron chi connectivity index (χ3n) is 2.50. The lowest BCUT2D eigenvalue weighted by Crippen LogP contribution is -3.00. The Morgan fingerprint density at radius 1 is 1.11 bits per heavy atom. The second kappa shape index (κ2) is 8.75. The van der Waals surface area contributed by atoms with Gasteiger partial charge in [-0.1, -0.05) is 41.9 Å². The van der Waals surface area contributed by atoms with Crippen LogP contribution in [0.1, 0.15) is 5.56 Å². The average molecular weight is 299 g/mol. The van der Waals surface area contributed by atoms with Crippen molar-refractivity contribution in [3.8, 4) is 5.88 Å². The number of nitrogens with two attached hydrogens (primary N) is 1. The highest BCUT2D eigenvalue weighted by molar-refractivity contribution is 6.30. The van der Waals surface area contributed by atoms with Crippen LogP contribution in [-0.4, -0.2) is 18.1 Å². The first-order chi connectivity index (χ1) is 8.84. The molecule has 0 amide bonds. The molecule has 0 unspecified atom stereocenters. The van der Waals surface area contributed by atoms with E-state index in [4.69, 9.17) is 16.3 Å². The quantitative estimate of drug-likeness (QED) is 0.687. The first-order valence-corrected chi connectivity index (χ1v) is 6.32.